The molecule has 0 aliphatic carbocycles. The molecule has 1 rings (SSSR count). The van der Waals surface area contributed by atoms with Gasteiger partial charge in [0.05, 0.1) is 0 Å². The molecule has 0 aliphatic rings. The summed E-state index contributed by atoms with van der Waals surface area (Å²) in [6.07, 6.45) is 2.28. The number of hydrogen-bond acceptors (Lipinski definition) is 0. The lowest BCUT2D eigenvalue weighted by Gasteiger charge is -2.01. The Balaban J connectivity index is 3.24. The quantitative estimate of drug-likeness (QED) is 0.618. The number of aryl methyl sites for hydroxylation is 2. The van der Waals surface area contributed by atoms with Crippen molar-refractivity contribution < 1.29 is 0 Å². The second-order valence-corrected chi connectivity index (χ2v) is 3.30. The van der Waals surface area contributed by atoms with E-state index in [1.54, 1.807) is 0 Å². The predicted molar refractivity (Wildman–Crippen MR) is 55.5 cm³/mol. The third kappa shape index (κ3) is 1.76. The van der Waals surface area contributed by atoms with Crippen molar-refractivity contribution in [1.82, 2.24) is 0 Å². The van der Waals surface area contributed by atoms with Gasteiger partial charge < -0.3 is 0 Å². The van der Waals surface area contributed by atoms with E-state index in [9.17, 15) is 0 Å². The van der Waals surface area contributed by atoms with Crippen molar-refractivity contribution in [1.29, 1.82) is 0 Å². The van der Waals surface area contributed by atoms with Gasteiger partial charge in [0.2, 0.25) is 0 Å². The van der Waals surface area contributed by atoms with Gasteiger partial charge in [-0.15, -0.1) is 0 Å². The van der Waals surface area contributed by atoms with Crippen LogP contribution in [0.15, 0.2) is 12.1 Å². The third-order valence-corrected chi connectivity index (χ3v) is 2.18. The van der Waals surface area contributed by atoms with Gasteiger partial charge in [0.25, 0.3) is 0 Å². The van der Waals surface area contributed by atoms with Gasteiger partial charge >= 0.3 is 0 Å². The van der Waals surface area contributed by atoms with Crippen LogP contribution >= 0.6 is 0 Å². The normalized spacial score (nSPS) is 10.2. The van der Waals surface area contributed by atoms with Gasteiger partial charge in [-0.3, -0.25) is 0 Å². The number of rotatable bonds is 2. The second-order valence-electron chi connectivity index (χ2n) is 3.30. The average molecular weight is 160 g/mol. The van der Waals surface area contributed by atoms with Gasteiger partial charge in [0.15, 0.2) is 0 Å². The Morgan fingerprint density at radius 2 is 1.83 bits per heavy atom. The van der Waals surface area contributed by atoms with E-state index in [0.29, 0.717) is 0 Å². The molecule has 0 unspecified atom stereocenters. The minimum Gasteiger partial charge on any atom is -0.0915 e. The van der Waals surface area contributed by atoms with Crippen molar-refractivity contribution in [3.8, 4) is 0 Å². The largest absolute Gasteiger partial charge is 0.0915 e. The first-order chi connectivity index (χ1) is 5.65. The summed E-state index contributed by atoms with van der Waals surface area (Å²) in [6, 6.07) is 4.27. The molecule has 1 aromatic rings. The van der Waals surface area contributed by atoms with Crippen molar-refractivity contribution in [3.05, 3.63) is 33.7 Å². The maximum atomic E-state index is 4.01. The van der Waals surface area contributed by atoms with E-state index >= 15 is 0 Å². The minimum atomic E-state index is 1.11. The van der Waals surface area contributed by atoms with E-state index in [2.05, 4.69) is 39.1 Å². The fourth-order valence-corrected chi connectivity index (χ4v) is 1.37. The fourth-order valence-electron chi connectivity index (χ4n) is 1.37. The van der Waals surface area contributed by atoms with Crippen LogP contribution in [-0.4, -0.2) is 0 Å². The van der Waals surface area contributed by atoms with Crippen LogP contribution in [0.1, 0.15) is 24.5 Å². The first-order valence-corrected chi connectivity index (χ1v) is 4.42. The summed E-state index contributed by atoms with van der Waals surface area (Å²) in [5.74, 6) is 0. The average Bonchev–Trinajstić information content (AvgIpc) is 2.01. The standard InChI is InChI=1S/C12H16/c1-5-6-12-8-10(3)9(2)7-11(12)4/h7-8H,3-6H2,1-2H3. The van der Waals surface area contributed by atoms with Gasteiger partial charge in [0, 0.05) is 0 Å². The molecule has 0 amide bonds. The second kappa shape index (κ2) is 3.57. The smallest absolute Gasteiger partial charge is 0.0276 e. The number of hydrogen-bond donors (Lipinski definition) is 0. The molecule has 0 N–H and O–H groups in total. The molecule has 12 heavy (non-hydrogen) atoms. The van der Waals surface area contributed by atoms with Gasteiger partial charge in [-0.1, -0.05) is 38.6 Å². The Hall–Kier alpha value is -1.04. The van der Waals surface area contributed by atoms with Crippen molar-refractivity contribution in [3.63, 3.8) is 0 Å². The minimum absolute atomic E-state index is 1.11. The summed E-state index contributed by atoms with van der Waals surface area (Å²) < 4.78 is 0. The van der Waals surface area contributed by atoms with Crippen LogP contribution in [0.25, 0.3) is 13.2 Å². The fraction of sp³-hybridized carbons (Fsp3) is 0.333. The zero-order valence-corrected chi connectivity index (χ0v) is 7.98. The van der Waals surface area contributed by atoms with E-state index in [4.69, 9.17) is 0 Å². The first-order valence-electron chi connectivity index (χ1n) is 4.42. The highest BCUT2D eigenvalue weighted by Crippen LogP contribution is 1.94. The maximum Gasteiger partial charge on any atom is -0.0276 e. The summed E-state index contributed by atoms with van der Waals surface area (Å²) in [5, 5.41) is 2.28. The monoisotopic (exact) mass is 160 g/mol. The summed E-state index contributed by atoms with van der Waals surface area (Å²) in [5.41, 5.74) is 2.58. The third-order valence-electron chi connectivity index (χ3n) is 2.18. The highest BCUT2D eigenvalue weighted by Gasteiger charge is 1.94. The zero-order chi connectivity index (χ0) is 9.14. The van der Waals surface area contributed by atoms with Crippen LogP contribution < -0.4 is 10.4 Å². The molecule has 0 saturated carbocycles. The highest BCUT2D eigenvalue weighted by atomic mass is 14.0. The van der Waals surface area contributed by atoms with E-state index in [0.717, 1.165) is 16.9 Å². The van der Waals surface area contributed by atoms with Crippen LogP contribution in [0.2, 0.25) is 0 Å². The van der Waals surface area contributed by atoms with Crippen molar-refractivity contribution in [2.75, 3.05) is 0 Å². The molecule has 0 aliphatic heterocycles. The maximum absolute atomic E-state index is 4.01. The van der Waals surface area contributed by atoms with Crippen molar-refractivity contribution in [2.45, 2.75) is 26.7 Å². The Morgan fingerprint density at radius 1 is 1.17 bits per heavy atom. The molecule has 0 fully saturated rings. The lowest BCUT2D eigenvalue weighted by atomic mass is 10.0. The number of benzene rings is 1. The van der Waals surface area contributed by atoms with Gasteiger partial charge in [0.1, 0.15) is 0 Å². The Kier molecular flexibility index (Phi) is 2.69. The molecular weight excluding hydrogens is 144 g/mol. The van der Waals surface area contributed by atoms with E-state index in [-0.39, 0.29) is 0 Å². The molecule has 0 heterocycles. The van der Waals surface area contributed by atoms with Gasteiger partial charge in [-0.2, -0.15) is 0 Å². The lowest BCUT2D eigenvalue weighted by molar-refractivity contribution is 0.913. The van der Waals surface area contributed by atoms with E-state index in [1.807, 2.05) is 0 Å². The van der Waals surface area contributed by atoms with Gasteiger partial charge in [-0.05, 0) is 34.9 Å². The Bertz CT molecular complexity index is 360. The predicted octanol–water partition coefficient (Wildman–Crippen LogP) is 1.77. The molecule has 0 heteroatoms. The van der Waals surface area contributed by atoms with Crippen LogP contribution in [0.3, 0.4) is 0 Å². The molecule has 0 aromatic heterocycles. The van der Waals surface area contributed by atoms with Crippen molar-refractivity contribution in [2.24, 2.45) is 0 Å². The zero-order valence-electron chi connectivity index (χ0n) is 7.98. The van der Waals surface area contributed by atoms with Crippen LogP contribution in [0, 0.1) is 6.92 Å². The molecular formula is C12H16. The summed E-state index contributed by atoms with van der Waals surface area (Å²) >= 11 is 0. The summed E-state index contributed by atoms with van der Waals surface area (Å²) in [7, 11) is 0. The molecule has 0 bridgehead atoms. The lowest BCUT2D eigenvalue weighted by Crippen LogP contribution is -2.15. The van der Waals surface area contributed by atoms with Gasteiger partial charge in [-0.25, -0.2) is 0 Å². The van der Waals surface area contributed by atoms with Crippen LogP contribution in [0.5, 0.6) is 0 Å². The molecule has 0 atom stereocenters. The topological polar surface area (TPSA) is 0 Å². The Labute approximate surface area is 74.2 Å². The first kappa shape index (κ1) is 9.05. The molecule has 64 valence electrons. The highest BCUT2D eigenvalue weighted by molar-refractivity contribution is 5.29. The molecule has 0 nitrogen and oxygen atoms in total. The molecule has 0 radical (unpaired) electrons. The van der Waals surface area contributed by atoms with Crippen LogP contribution in [-0.2, 0) is 6.42 Å². The van der Waals surface area contributed by atoms with E-state index in [1.165, 1.54) is 17.5 Å². The molecule has 0 saturated heterocycles. The van der Waals surface area contributed by atoms with Crippen molar-refractivity contribution >= 4 is 13.2 Å². The summed E-state index contributed by atoms with van der Waals surface area (Å²) in [4.78, 5) is 0. The Morgan fingerprint density at radius 3 is 2.42 bits per heavy atom. The molecule has 0 spiro atoms. The summed E-state index contributed by atoms with van der Waals surface area (Å²) in [6.45, 7) is 12.2. The SMILES string of the molecule is C=c1cc(CCC)c(=C)cc1C. The van der Waals surface area contributed by atoms with E-state index < -0.39 is 0 Å². The molecule has 1 aromatic carbocycles. The van der Waals surface area contributed by atoms with Crippen LogP contribution in [0.4, 0.5) is 0 Å².